The number of aliphatic carboxylic acids is 1. The maximum absolute atomic E-state index is 11.8. The Morgan fingerprint density at radius 2 is 1.88 bits per heavy atom. The second-order valence-electron chi connectivity index (χ2n) is 7.05. The molecule has 0 aliphatic heterocycles. The van der Waals surface area contributed by atoms with Crippen LogP contribution in [0, 0.1) is 6.92 Å². The Balaban J connectivity index is 1.53. The van der Waals surface area contributed by atoms with Crippen molar-refractivity contribution >= 4 is 34.9 Å². The van der Waals surface area contributed by atoms with Gasteiger partial charge in [0.2, 0.25) is 0 Å². The van der Waals surface area contributed by atoms with Crippen LogP contribution in [0.15, 0.2) is 81.3 Å². The standard InChI is InChI=1S/C25H21NO5S/c1-16-7-9-17(10-8-16)15-30-21-12-11-18(13-22(21)29-2)14-23(24(27)28)32-25-26-19-5-3-4-6-20(19)31-25/h3-14H,15H2,1-2H3,(H,27,28)/b23-14-. The van der Waals surface area contributed by atoms with Gasteiger partial charge in [0.25, 0.3) is 5.22 Å². The van der Waals surface area contributed by atoms with E-state index >= 15 is 0 Å². The highest BCUT2D eigenvalue weighted by Gasteiger charge is 2.15. The molecule has 0 radical (unpaired) electrons. The van der Waals surface area contributed by atoms with E-state index in [1.54, 1.807) is 37.5 Å². The average Bonchev–Trinajstić information content (AvgIpc) is 3.21. The predicted octanol–water partition coefficient (Wildman–Crippen LogP) is 5.94. The van der Waals surface area contributed by atoms with Gasteiger partial charge in [-0.15, -0.1) is 0 Å². The SMILES string of the molecule is COc1cc(/C=C(\Sc2nc3ccccc3o2)C(=O)O)ccc1OCc1ccc(C)cc1. The second kappa shape index (κ2) is 9.62. The number of rotatable bonds is 8. The minimum atomic E-state index is -1.07. The Labute approximate surface area is 189 Å². The Morgan fingerprint density at radius 3 is 2.59 bits per heavy atom. The van der Waals surface area contributed by atoms with E-state index in [-0.39, 0.29) is 10.1 Å². The van der Waals surface area contributed by atoms with Crippen LogP contribution < -0.4 is 9.47 Å². The molecule has 7 heteroatoms. The van der Waals surface area contributed by atoms with Crippen molar-refractivity contribution in [1.29, 1.82) is 0 Å². The van der Waals surface area contributed by atoms with Gasteiger partial charge < -0.3 is 19.0 Å². The molecule has 0 saturated carbocycles. The first-order valence-corrected chi connectivity index (χ1v) is 10.7. The van der Waals surface area contributed by atoms with E-state index in [2.05, 4.69) is 4.98 Å². The summed E-state index contributed by atoms with van der Waals surface area (Å²) in [5.41, 5.74) is 4.18. The van der Waals surface area contributed by atoms with Gasteiger partial charge in [-0.2, -0.15) is 0 Å². The molecule has 4 rings (SSSR count). The second-order valence-corrected chi connectivity index (χ2v) is 8.04. The van der Waals surface area contributed by atoms with E-state index in [1.165, 1.54) is 5.56 Å². The fourth-order valence-electron chi connectivity index (χ4n) is 3.01. The zero-order valence-electron chi connectivity index (χ0n) is 17.6. The summed E-state index contributed by atoms with van der Waals surface area (Å²) in [4.78, 5) is 16.2. The first-order valence-electron chi connectivity index (χ1n) is 9.86. The van der Waals surface area contributed by atoms with E-state index in [9.17, 15) is 9.90 Å². The Hall–Kier alpha value is -3.71. The van der Waals surface area contributed by atoms with Crippen LogP contribution in [0.5, 0.6) is 11.5 Å². The molecule has 0 aliphatic rings. The summed E-state index contributed by atoms with van der Waals surface area (Å²) in [6, 6.07) is 20.7. The normalized spacial score (nSPS) is 11.5. The summed E-state index contributed by atoms with van der Waals surface area (Å²) in [5.74, 6) is 0.0205. The smallest absolute Gasteiger partial charge is 0.342 e. The minimum Gasteiger partial charge on any atom is -0.493 e. The lowest BCUT2D eigenvalue weighted by atomic mass is 10.1. The quantitative estimate of drug-likeness (QED) is 0.264. The Morgan fingerprint density at radius 1 is 1.09 bits per heavy atom. The van der Waals surface area contributed by atoms with Gasteiger partial charge in [-0.05, 0) is 60.2 Å². The van der Waals surface area contributed by atoms with Crippen molar-refractivity contribution in [3.05, 3.63) is 88.3 Å². The van der Waals surface area contributed by atoms with Crippen molar-refractivity contribution in [1.82, 2.24) is 4.98 Å². The van der Waals surface area contributed by atoms with Crippen LogP contribution in [0.2, 0.25) is 0 Å². The van der Waals surface area contributed by atoms with E-state index in [0.29, 0.717) is 34.8 Å². The molecule has 1 heterocycles. The highest BCUT2D eigenvalue weighted by molar-refractivity contribution is 8.03. The molecule has 32 heavy (non-hydrogen) atoms. The van der Waals surface area contributed by atoms with Gasteiger partial charge in [-0.3, -0.25) is 0 Å². The van der Waals surface area contributed by atoms with Crippen molar-refractivity contribution in [2.45, 2.75) is 18.8 Å². The Bertz CT molecular complexity index is 1240. The van der Waals surface area contributed by atoms with Gasteiger partial charge in [-0.1, -0.05) is 48.0 Å². The molecular formula is C25H21NO5S. The number of hydrogen-bond donors (Lipinski definition) is 1. The summed E-state index contributed by atoms with van der Waals surface area (Å²) in [6.07, 6.45) is 1.55. The molecule has 0 spiro atoms. The largest absolute Gasteiger partial charge is 0.493 e. The molecule has 6 nitrogen and oxygen atoms in total. The summed E-state index contributed by atoms with van der Waals surface area (Å²) < 4.78 is 17.0. The monoisotopic (exact) mass is 447 g/mol. The molecule has 0 saturated heterocycles. The van der Waals surface area contributed by atoms with Crippen LogP contribution in [0.25, 0.3) is 17.2 Å². The van der Waals surface area contributed by atoms with Crippen molar-refractivity contribution in [3.63, 3.8) is 0 Å². The Kier molecular flexibility index (Phi) is 6.47. The summed E-state index contributed by atoms with van der Waals surface area (Å²) in [6.45, 7) is 2.44. The van der Waals surface area contributed by atoms with Crippen LogP contribution in [0.3, 0.4) is 0 Å². The van der Waals surface area contributed by atoms with Crippen molar-refractivity contribution in [2.75, 3.05) is 7.11 Å². The predicted molar refractivity (Wildman–Crippen MR) is 124 cm³/mol. The highest BCUT2D eigenvalue weighted by atomic mass is 32.2. The molecule has 0 unspecified atom stereocenters. The number of carbonyl (C=O) groups is 1. The number of carboxylic acid groups (broad SMARTS) is 1. The number of aromatic nitrogens is 1. The van der Waals surface area contributed by atoms with Crippen LogP contribution in [0.1, 0.15) is 16.7 Å². The number of benzene rings is 3. The molecular weight excluding hydrogens is 426 g/mol. The van der Waals surface area contributed by atoms with Crippen molar-refractivity contribution in [3.8, 4) is 11.5 Å². The fraction of sp³-hybridized carbons (Fsp3) is 0.120. The highest BCUT2D eigenvalue weighted by Crippen LogP contribution is 2.33. The lowest BCUT2D eigenvalue weighted by Crippen LogP contribution is -1.99. The number of methoxy groups -OCH3 is 1. The zero-order chi connectivity index (χ0) is 22.5. The van der Waals surface area contributed by atoms with Gasteiger partial charge in [0.15, 0.2) is 17.1 Å². The van der Waals surface area contributed by atoms with Gasteiger partial charge in [-0.25, -0.2) is 9.78 Å². The lowest BCUT2D eigenvalue weighted by molar-refractivity contribution is -0.131. The van der Waals surface area contributed by atoms with Gasteiger partial charge in [0.05, 0.1) is 7.11 Å². The van der Waals surface area contributed by atoms with Crippen LogP contribution in [-0.4, -0.2) is 23.2 Å². The first-order chi connectivity index (χ1) is 15.5. The van der Waals surface area contributed by atoms with Gasteiger partial charge >= 0.3 is 5.97 Å². The van der Waals surface area contributed by atoms with Crippen molar-refractivity contribution in [2.24, 2.45) is 0 Å². The molecule has 1 aromatic heterocycles. The van der Waals surface area contributed by atoms with E-state index in [0.717, 1.165) is 17.3 Å². The lowest BCUT2D eigenvalue weighted by Gasteiger charge is -2.12. The summed E-state index contributed by atoms with van der Waals surface area (Å²) in [5, 5.41) is 9.94. The molecule has 162 valence electrons. The number of ether oxygens (including phenoxy) is 2. The summed E-state index contributed by atoms with van der Waals surface area (Å²) in [7, 11) is 1.55. The molecule has 0 fully saturated rings. The third-order valence-electron chi connectivity index (χ3n) is 4.68. The molecule has 1 N–H and O–H groups in total. The molecule has 0 aliphatic carbocycles. The number of fused-ring (bicyclic) bond motifs is 1. The van der Waals surface area contributed by atoms with Gasteiger partial charge in [0, 0.05) is 0 Å². The maximum atomic E-state index is 11.8. The number of nitrogens with zero attached hydrogens (tertiary/aromatic N) is 1. The third-order valence-corrected chi connectivity index (χ3v) is 5.54. The van der Waals surface area contributed by atoms with Crippen LogP contribution in [0.4, 0.5) is 0 Å². The number of aryl methyl sites for hydroxylation is 1. The molecule has 0 amide bonds. The molecule has 0 atom stereocenters. The van der Waals surface area contributed by atoms with Crippen molar-refractivity contribution < 1.29 is 23.8 Å². The molecule has 3 aromatic carbocycles. The van der Waals surface area contributed by atoms with E-state index in [1.807, 2.05) is 49.4 Å². The number of oxazole rings is 1. The fourth-order valence-corrected chi connectivity index (χ4v) is 3.76. The van der Waals surface area contributed by atoms with Crippen LogP contribution >= 0.6 is 11.8 Å². The number of para-hydroxylation sites is 2. The van der Waals surface area contributed by atoms with Gasteiger partial charge in [0.1, 0.15) is 17.0 Å². The minimum absolute atomic E-state index is 0.0759. The van der Waals surface area contributed by atoms with Crippen LogP contribution in [-0.2, 0) is 11.4 Å². The summed E-state index contributed by atoms with van der Waals surface area (Å²) >= 11 is 0.955. The topological polar surface area (TPSA) is 81.8 Å². The molecule has 4 aromatic rings. The first kappa shape index (κ1) is 21.5. The average molecular weight is 448 g/mol. The third kappa shape index (κ3) is 5.12. The molecule has 0 bridgehead atoms. The number of thioether (sulfide) groups is 1. The van der Waals surface area contributed by atoms with E-state index < -0.39 is 5.97 Å². The maximum Gasteiger partial charge on any atom is 0.342 e. The zero-order valence-corrected chi connectivity index (χ0v) is 18.4. The number of hydrogen-bond acceptors (Lipinski definition) is 6. The van der Waals surface area contributed by atoms with E-state index in [4.69, 9.17) is 13.9 Å². The number of carboxylic acids is 1.